The van der Waals surface area contributed by atoms with Crippen LogP contribution in [0.15, 0.2) is 36.0 Å². The van der Waals surface area contributed by atoms with E-state index in [0.29, 0.717) is 6.04 Å². The molecule has 2 heterocycles. The molecule has 0 amide bonds. The van der Waals surface area contributed by atoms with E-state index >= 15 is 0 Å². The van der Waals surface area contributed by atoms with Gasteiger partial charge in [0, 0.05) is 23.3 Å². The molecule has 0 saturated carbocycles. The van der Waals surface area contributed by atoms with Gasteiger partial charge in [-0.05, 0) is 49.4 Å². The van der Waals surface area contributed by atoms with E-state index in [2.05, 4.69) is 40.8 Å². The summed E-state index contributed by atoms with van der Waals surface area (Å²) in [6, 6.07) is 6.92. The maximum absolute atomic E-state index is 4.26. The van der Waals surface area contributed by atoms with Crippen molar-refractivity contribution in [3.8, 4) is 0 Å². The van der Waals surface area contributed by atoms with Crippen LogP contribution in [-0.2, 0) is 6.42 Å². The van der Waals surface area contributed by atoms with Gasteiger partial charge in [0.05, 0.1) is 0 Å². The van der Waals surface area contributed by atoms with Crippen LogP contribution < -0.4 is 5.32 Å². The molecule has 0 aromatic carbocycles. The Hall–Kier alpha value is -1.19. The van der Waals surface area contributed by atoms with Crippen LogP contribution in [0.5, 0.6) is 0 Å². The molecule has 0 aliphatic heterocycles. The first-order valence-corrected chi connectivity index (χ1v) is 6.79. The third-order valence-corrected chi connectivity index (χ3v) is 3.84. The number of nitrogens with zero attached hydrogens (tertiary/aromatic N) is 1. The van der Waals surface area contributed by atoms with Gasteiger partial charge < -0.3 is 5.32 Å². The number of aromatic nitrogens is 1. The van der Waals surface area contributed by atoms with Crippen LogP contribution in [0.2, 0.25) is 0 Å². The third kappa shape index (κ3) is 3.38. The van der Waals surface area contributed by atoms with Gasteiger partial charge in [0.15, 0.2) is 0 Å². The Balaban J connectivity index is 2.01. The monoisotopic (exact) mass is 246 g/mol. The molecule has 0 spiro atoms. The number of hydrogen-bond acceptors (Lipinski definition) is 3. The zero-order valence-corrected chi connectivity index (χ0v) is 11.1. The quantitative estimate of drug-likeness (QED) is 0.875. The number of pyridine rings is 1. The van der Waals surface area contributed by atoms with Crippen molar-refractivity contribution in [2.45, 2.75) is 25.8 Å². The lowest BCUT2D eigenvalue weighted by Gasteiger charge is -2.16. The lowest BCUT2D eigenvalue weighted by atomic mass is 10.0. The highest BCUT2D eigenvalue weighted by Crippen LogP contribution is 2.20. The van der Waals surface area contributed by atoms with Gasteiger partial charge in [0.2, 0.25) is 0 Å². The van der Waals surface area contributed by atoms with E-state index in [0.717, 1.165) is 12.8 Å². The van der Waals surface area contributed by atoms with Crippen molar-refractivity contribution in [2.24, 2.45) is 0 Å². The summed E-state index contributed by atoms with van der Waals surface area (Å²) in [6.07, 6.45) is 6.09. The second-order valence-corrected chi connectivity index (χ2v) is 5.29. The second kappa shape index (κ2) is 5.94. The van der Waals surface area contributed by atoms with Crippen molar-refractivity contribution >= 4 is 11.3 Å². The van der Waals surface area contributed by atoms with Gasteiger partial charge in [0.25, 0.3) is 0 Å². The number of thiophene rings is 1. The number of aryl methyl sites for hydroxylation is 2. The predicted octanol–water partition coefficient (Wildman–Crippen LogP) is 3.34. The van der Waals surface area contributed by atoms with Crippen molar-refractivity contribution in [3.63, 3.8) is 0 Å². The molecule has 90 valence electrons. The summed E-state index contributed by atoms with van der Waals surface area (Å²) in [4.78, 5) is 5.71. The molecule has 2 aromatic rings. The second-order valence-electron chi connectivity index (χ2n) is 4.25. The number of rotatable bonds is 5. The fourth-order valence-corrected chi connectivity index (χ4v) is 2.71. The molecule has 0 bridgehead atoms. The Morgan fingerprint density at radius 3 is 2.94 bits per heavy atom. The van der Waals surface area contributed by atoms with E-state index in [9.17, 15) is 0 Å². The minimum Gasteiger partial charge on any atom is -0.313 e. The average Bonchev–Trinajstić information content (AvgIpc) is 2.83. The standard InChI is InChI=1S/C14H18N2S/c1-11-8-12(10-16-9-11)14(15-2)6-5-13-4-3-7-17-13/h3-4,7-10,14-15H,5-6H2,1-2H3. The summed E-state index contributed by atoms with van der Waals surface area (Å²) in [6.45, 7) is 2.09. The first-order valence-electron chi connectivity index (χ1n) is 5.91. The van der Waals surface area contributed by atoms with Crippen molar-refractivity contribution in [2.75, 3.05) is 7.05 Å². The molecule has 0 fully saturated rings. The van der Waals surface area contributed by atoms with Crippen LogP contribution in [0, 0.1) is 6.92 Å². The van der Waals surface area contributed by atoms with E-state index in [1.54, 1.807) is 0 Å². The van der Waals surface area contributed by atoms with Gasteiger partial charge in [0.1, 0.15) is 0 Å². The first-order chi connectivity index (χ1) is 8.29. The van der Waals surface area contributed by atoms with Crippen LogP contribution in [0.3, 0.4) is 0 Å². The highest BCUT2D eigenvalue weighted by atomic mass is 32.1. The normalized spacial score (nSPS) is 12.6. The topological polar surface area (TPSA) is 24.9 Å². The molecule has 0 radical (unpaired) electrons. The molecular weight excluding hydrogens is 228 g/mol. The molecule has 1 N–H and O–H groups in total. The number of nitrogens with one attached hydrogen (secondary N) is 1. The summed E-state index contributed by atoms with van der Waals surface area (Å²) in [5.74, 6) is 0. The van der Waals surface area contributed by atoms with Gasteiger partial charge in [-0.25, -0.2) is 0 Å². The molecule has 1 unspecified atom stereocenters. The molecule has 0 aliphatic carbocycles. The largest absolute Gasteiger partial charge is 0.313 e. The maximum atomic E-state index is 4.26. The summed E-state index contributed by atoms with van der Waals surface area (Å²) in [5.41, 5.74) is 2.50. The fraction of sp³-hybridized carbons (Fsp3) is 0.357. The van der Waals surface area contributed by atoms with Crippen molar-refractivity contribution in [3.05, 3.63) is 52.0 Å². The summed E-state index contributed by atoms with van der Waals surface area (Å²) in [5, 5.41) is 5.51. The zero-order chi connectivity index (χ0) is 12.1. The van der Waals surface area contributed by atoms with Gasteiger partial charge in [-0.3, -0.25) is 4.98 Å². The summed E-state index contributed by atoms with van der Waals surface area (Å²) in [7, 11) is 2.02. The van der Waals surface area contributed by atoms with Gasteiger partial charge in [-0.2, -0.15) is 0 Å². The van der Waals surface area contributed by atoms with Crippen molar-refractivity contribution in [1.29, 1.82) is 0 Å². The molecule has 1 atom stereocenters. The van der Waals surface area contributed by atoms with E-state index in [-0.39, 0.29) is 0 Å². The predicted molar refractivity (Wildman–Crippen MR) is 73.4 cm³/mol. The molecule has 3 heteroatoms. The lowest BCUT2D eigenvalue weighted by molar-refractivity contribution is 0.549. The molecule has 0 aliphatic rings. The minimum absolute atomic E-state index is 0.393. The first kappa shape index (κ1) is 12.3. The van der Waals surface area contributed by atoms with E-state index in [1.165, 1.54) is 16.0 Å². The SMILES string of the molecule is CNC(CCc1cccs1)c1cncc(C)c1. The van der Waals surface area contributed by atoms with Crippen LogP contribution >= 0.6 is 11.3 Å². The lowest BCUT2D eigenvalue weighted by Crippen LogP contribution is -2.17. The van der Waals surface area contributed by atoms with Crippen molar-refractivity contribution in [1.82, 2.24) is 10.3 Å². The molecule has 2 rings (SSSR count). The minimum atomic E-state index is 0.393. The van der Waals surface area contributed by atoms with Crippen LogP contribution in [-0.4, -0.2) is 12.0 Å². The molecule has 0 saturated heterocycles. The summed E-state index contributed by atoms with van der Waals surface area (Å²) < 4.78 is 0. The van der Waals surface area contributed by atoms with Crippen molar-refractivity contribution < 1.29 is 0 Å². The highest BCUT2D eigenvalue weighted by molar-refractivity contribution is 7.09. The fourth-order valence-electron chi connectivity index (χ4n) is 1.99. The van der Waals surface area contributed by atoms with Gasteiger partial charge in [-0.15, -0.1) is 11.3 Å². The average molecular weight is 246 g/mol. The Morgan fingerprint density at radius 1 is 1.41 bits per heavy atom. The molecule has 17 heavy (non-hydrogen) atoms. The Labute approximate surface area is 107 Å². The van der Waals surface area contributed by atoms with Gasteiger partial charge >= 0.3 is 0 Å². The zero-order valence-electron chi connectivity index (χ0n) is 10.3. The van der Waals surface area contributed by atoms with Crippen LogP contribution in [0.1, 0.15) is 28.5 Å². The van der Waals surface area contributed by atoms with E-state index < -0.39 is 0 Å². The molecular formula is C14H18N2S. The smallest absolute Gasteiger partial charge is 0.0336 e. The summed E-state index contributed by atoms with van der Waals surface area (Å²) >= 11 is 1.83. The Kier molecular flexibility index (Phi) is 4.29. The van der Waals surface area contributed by atoms with Crippen LogP contribution in [0.4, 0.5) is 0 Å². The maximum Gasteiger partial charge on any atom is 0.0336 e. The van der Waals surface area contributed by atoms with Crippen LogP contribution in [0.25, 0.3) is 0 Å². The Bertz CT molecular complexity index is 451. The van der Waals surface area contributed by atoms with E-state index in [1.807, 2.05) is 30.8 Å². The van der Waals surface area contributed by atoms with Gasteiger partial charge in [-0.1, -0.05) is 12.1 Å². The third-order valence-electron chi connectivity index (χ3n) is 2.91. The highest BCUT2D eigenvalue weighted by Gasteiger charge is 2.10. The number of hydrogen-bond donors (Lipinski definition) is 1. The van der Waals surface area contributed by atoms with E-state index in [4.69, 9.17) is 0 Å². The molecule has 2 nitrogen and oxygen atoms in total. The Morgan fingerprint density at radius 2 is 2.29 bits per heavy atom. The molecule has 2 aromatic heterocycles.